The van der Waals surface area contributed by atoms with Crippen LogP contribution in [0.3, 0.4) is 0 Å². The fourth-order valence-electron chi connectivity index (χ4n) is 2.43. The van der Waals surface area contributed by atoms with Gasteiger partial charge in [-0.1, -0.05) is 0 Å². The number of hydrogen-bond acceptors (Lipinski definition) is 4. The highest BCUT2D eigenvalue weighted by molar-refractivity contribution is 6.09. The third-order valence-electron chi connectivity index (χ3n) is 3.88. The van der Waals surface area contributed by atoms with Crippen LogP contribution in [0.15, 0.2) is 48.5 Å². The van der Waals surface area contributed by atoms with Crippen LogP contribution in [0.4, 0.5) is 0 Å². The molecule has 0 aliphatic carbocycles. The maximum Gasteiger partial charge on any atom is 0.193 e. The Balaban J connectivity index is 1.98. The van der Waals surface area contributed by atoms with Crippen LogP contribution in [0.25, 0.3) is 0 Å². The van der Waals surface area contributed by atoms with Crippen molar-refractivity contribution >= 4 is 5.78 Å². The minimum Gasteiger partial charge on any atom is -0.508 e. The number of phenolic OH excluding ortho intramolecular Hbond substituents is 1. The van der Waals surface area contributed by atoms with Gasteiger partial charge in [-0.15, -0.1) is 0 Å². The summed E-state index contributed by atoms with van der Waals surface area (Å²) in [6.07, 6.45) is 0.762. The number of carbonyl (C=O) groups is 1. The van der Waals surface area contributed by atoms with Crippen molar-refractivity contribution in [2.75, 3.05) is 6.61 Å². The molecule has 0 unspecified atom stereocenters. The number of hydrogen-bond donors (Lipinski definition) is 1. The van der Waals surface area contributed by atoms with E-state index in [1.807, 2.05) is 34.6 Å². The van der Waals surface area contributed by atoms with E-state index < -0.39 is 0 Å². The van der Waals surface area contributed by atoms with E-state index in [2.05, 4.69) is 0 Å². The molecule has 0 aliphatic heterocycles. The summed E-state index contributed by atoms with van der Waals surface area (Å²) in [4.78, 5) is 12.5. The average molecular weight is 356 g/mol. The SMILES string of the molecule is CC(C)(C)OCCC(C)(C)Oc1ccc(C(=O)c2ccc(O)cc2)cc1. The summed E-state index contributed by atoms with van der Waals surface area (Å²) in [7, 11) is 0. The maximum atomic E-state index is 12.5. The number of ketones is 1. The minimum atomic E-state index is -0.367. The normalized spacial score (nSPS) is 12.0. The Morgan fingerprint density at radius 2 is 1.38 bits per heavy atom. The first-order chi connectivity index (χ1) is 12.1. The van der Waals surface area contributed by atoms with E-state index >= 15 is 0 Å². The van der Waals surface area contributed by atoms with Gasteiger partial charge in [0, 0.05) is 17.5 Å². The zero-order chi connectivity index (χ0) is 19.4. The zero-order valence-electron chi connectivity index (χ0n) is 16.2. The van der Waals surface area contributed by atoms with Crippen molar-refractivity contribution in [1.29, 1.82) is 0 Å². The van der Waals surface area contributed by atoms with Gasteiger partial charge in [0.25, 0.3) is 0 Å². The van der Waals surface area contributed by atoms with E-state index in [-0.39, 0.29) is 22.7 Å². The zero-order valence-corrected chi connectivity index (χ0v) is 16.2. The van der Waals surface area contributed by atoms with Crippen molar-refractivity contribution < 1.29 is 19.4 Å². The highest BCUT2D eigenvalue weighted by Gasteiger charge is 2.21. The summed E-state index contributed by atoms with van der Waals surface area (Å²) in [6.45, 7) is 10.8. The largest absolute Gasteiger partial charge is 0.508 e. The molecule has 0 aliphatic rings. The highest BCUT2D eigenvalue weighted by atomic mass is 16.5. The Kier molecular flexibility index (Phi) is 6.09. The van der Waals surface area contributed by atoms with Gasteiger partial charge in [-0.25, -0.2) is 0 Å². The second-order valence-electron chi connectivity index (χ2n) is 7.97. The average Bonchev–Trinajstić information content (AvgIpc) is 2.54. The maximum absolute atomic E-state index is 12.5. The van der Waals surface area contributed by atoms with Gasteiger partial charge >= 0.3 is 0 Å². The number of ether oxygens (including phenoxy) is 2. The van der Waals surface area contributed by atoms with Crippen LogP contribution >= 0.6 is 0 Å². The fraction of sp³-hybridized carbons (Fsp3) is 0.409. The van der Waals surface area contributed by atoms with E-state index in [9.17, 15) is 9.90 Å². The Morgan fingerprint density at radius 3 is 1.88 bits per heavy atom. The Bertz CT molecular complexity index is 722. The van der Waals surface area contributed by atoms with Crippen LogP contribution in [0.1, 0.15) is 57.0 Å². The molecule has 2 aromatic carbocycles. The van der Waals surface area contributed by atoms with Gasteiger partial charge in [-0.3, -0.25) is 4.79 Å². The van der Waals surface area contributed by atoms with Gasteiger partial charge in [-0.2, -0.15) is 0 Å². The summed E-state index contributed by atoms with van der Waals surface area (Å²) in [5.41, 5.74) is 0.591. The lowest BCUT2D eigenvalue weighted by atomic mass is 10.0. The van der Waals surface area contributed by atoms with Crippen molar-refractivity contribution in [3.63, 3.8) is 0 Å². The molecule has 1 N–H and O–H groups in total. The molecule has 140 valence electrons. The number of carbonyl (C=O) groups excluding carboxylic acids is 1. The third-order valence-corrected chi connectivity index (χ3v) is 3.88. The number of rotatable bonds is 7. The summed E-state index contributed by atoms with van der Waals surface area (Å²) < 4.78 is 11.8. The summed E-state index contributed by atoms with van der Waals surface area (Å²) in [5, 5.41) is 9.32. The lowest BCUT2D eigenvalue weighted by Crippen LogP contribution is -2.32. The predicted octanol–water partition coefficient (Wildman–Crippen LogP) is 4.99. The first kappa shape index (κ1) is 20.0. The van der Waals surface area contributed by atoms with Crippen molar-refractivity contribution in [3.05, 3.63) is 59.7 Å². The molecular weight excluding hydrogens is 328 g/mol. The highest BCUT2D eigenvalue weighted by Crippen LogP contribution is 2.23. The van der Waals surface area contributed by atoms with Gasteiger partial charge in [0.1, 0.15) is 17.1 Å². The van der Waals surface area contributed by atoms with Gasteiger partial charge < -0.3 is 14.6 Å². The van der Waals surface area contributed by atoms with Crippen LogP contribution in [0.2, 0.25) is 0 Å². The molecular formula is C22H28O4. The van der Waals surface area contributed by atoms with Crippen LogP contribution in [0, 0.1) is 0 Å². The molecule has 2 aromatic rings. The van der Waals surface area contributed by atoms with Gasteiger partial charge in [0.05, 0.1) is 12.2 Å². The van der Waals surface area contributed by atoms with Crippen LogP contribution in [0.5, 0.6) is 11.5 Å². The van der Waals surface area contributed by atoms with Crippen LogP contribution in [-0.2, 0) is 4.74 Å². The molecule has 26 heavy (non-hydrogen) atoms. The van der Waals surface area contributed by atoms with Crippen molar-refractivity contribution in [1.82, 2.24) is 0 Å². The number of benzene rings is 2. The first-order valence-electron chi connectivity index (χ1n) is 8.83. The van der Waals surface area contributed by atoms with E-state index in [1.54, 1.807) is 36.4 Å². The van der Waals surface area contributed by atoms with Crippen molar-refractivity contribution in [3.8, 4) is 11.5 Å². The van der Waals surface area contributed by atoms with E-state index in [4.69, 9.17) is 9.47 Å². The van der Waals surface area contributed by atoms with E-state index in [0.717, 1.165) is 6.42 Å². The van der Waals surface area contributed by atoms with Gasteiger partial charge in [0.2, 0.25) is 0 Å². The fourth-order valence-corrected chi connectivity index (χ4v) is 2.43. The molecule has 4 nitrogen and oxygen atoms in total. The molecule has 0 aromatic heterocycles. The summed E-state index contributed by atoms with van der Waals surface area (Å²) >= 11 is 0. The van der Waals surface area contributed by atoms with Gasteiger partial charge in [-0.05, 0) is 83.1 Å². The lowest BCUT2D eigenvalue weighted by Gasteiger charge is -2.28. The molecule has 0 saturated carbocycles. The number of phenols is 1. The third kappa shape index (κ3) is 6.19. The molecule has 2 rings (SSSR count). The Hall–Kier alpha value is -2.33. The molecule has 0 atom stereocenters. The standard InChI is InChI=1S/C22H28O4/c1-21(2,3)25-15-14-22(4,5)26-19-12-8-17(9-13-19)20(24)16-6-10-18(23)11-7-16/h6-13,23H,14-15H2,1-5H3. The molecule has 0 saturated heterocycles. The van der Waals surface area contributed by atoms with Crippen LogP contribution in [-0.4, -0.2) is 28.7 Å². The number of aromatic hydroxyl groups is 1. The van der Waals surface area contributed by atoms with E-state index in [1.165, 1.54) is 12.1 Å². The molecule has 0 fully saturated rings. The van der Waals surface area contributed by atoms with Crippen molar-refractivity contribution in [2.24, 2.45) is 0 Å². The molecule has 0 bridgehead atoms. The van der Waals surface area contributed by atoms with Crippen LogP contribution < -0.4 is 4.74 Å². The smallest absolute Gasteiger partial charge is 0.193 e. The molecule has 4 heteroatoms. The molecule has 0 spiro atoms. The second kappa shape index (κ2) is 7.92. The van der Waals surface area contributed by atoms with E-state index in [0.29, 0.717) is 23.5 Å². The second-order valence-corrected chi connectivity index (χ2v) is 7.97. The Labute approximate surface area is 155 Å². The summed E-state index contributed by atoms with van der Waals surface area (Å²) in [6, 6.07) is 13.4. The topological polar surface area (TPSA) is 55.8 Å². The molecule has 0 heterocycles. The molecule has 0 radical (unpaired) electrons. The first-order valence-corrected chi connectivity index (χ1v) is 8.83. The van der Waals surface area contributed by atoms with Gasteiger partial charge in [0.15, 0.2) is 5.78 Å². The monoisotopic (exact) mass is 356 g/mol. The summed E-state index contributed by atoms with van der Waals surface area (Å²) in [5.74, 6) is 0.769. The molecule has 0 amide bonds. The quantitative estimate of drug-likeness (QED) is 0.711. The van der Waals surface area contributed by atoms with Crippen molar-refractivity contribution in [2.45, 2.75) is 52.2 Å². The minimum absolute atomic E-state index is 0.0885. The Morgan fingerprint density at radius 1 is 0.885 bits per heavy atom. The predicted molar refractivity (Wildman–Crippen MR) is 103 cm³/mol. The lowest BCUT2D eigenvalue weighted by molar-refractivity contribution is -0.0292.